The zero-order chi connectivity index (χ0) is 14.6. The van der Waals surface area contributed by atoms with Gasteiger partial charge in [0.05, 0.1) is 11.8 Å². The van der Waals surface area contributed by atoms with Crippen molar-refractivity contribution in [2.75, 3.05) is 0 Å². The van der Waals surface area contributed by atoms with Gasteiger partial charge >= 0.3 is 0 Å². The molecule has 1 rings (SSSR count). The maximum absolute atomic E-state index is 12.4. The summed E-state index contributed by atoms with van der Waals surface area (Å²) in [5, 5.41) is 2.97. The van der Waals surface area contributed by atoms with Gasteiger partial charge in [-0.2, -0.15) is 0 Å². The number of nitrogens with two attached hydrogens (primary N) is 1. The maximum Gasteiger partial charge on any atom is 0.224 e. The Morgan fingerprint density at radius 1 is 1.37 bits per heavy atom. The minimum Gasteiger partial charge on any atom is -0.369 e. The van der Waals surface area contributed by atoms with Crippen LogP contribution in [0.25, 0.3) is 0 Å². The monoisotopic (exact) mass is 266 g/mol. The van der Waals surface area contributed by atoms with Crippen LogP contribution in [-0.4, -0.2) is 17.4 Å². The van der Waals surface area contributed by atoms with E-state index in [1.165, 1.54) is 0 Å². The van der Waals surface area contributed by atoms with Gasteiger partial charge in [-0.3, -0.25) is 9.59 Å². The van der Waals surface area contributed by atoms with E-state index in [1.54, 1.807) is 6.08 Å². The predicted molar refractivity (Wildman–Crippen MR) is 76.2 cm³/mol. The van der Waals surface area contributed by atoms with Crippen molar-refractivity contribution in [3.8, 4) is 0 Å². The highest BCUT2D eigenvalue weighted by molar-refractivity contribution is 5.87. The Labute approximate surface area is 115 Å². The van der Waals surface area contributed by atoms with Gasteiger partial charge in [-0.05, 0) is 39.5 Å². The molecule has 0 aromatic rings. The fourth-order valence-electron chi connectivity index (χ4n) is 2.29. The Kier molecular flexibility index (Phi) is 5.15. The van der Waals surface area contributed by atoms with Gasteiger partial charge in [-0.1, -0.05) is 18.9 Å². The van der Waals surface area contributed by atoms with Crippen LogP contribution >= 0.6 is 0 Å². The number of amides is 2. The summed E-state index contributed by atoms with van der Waals surface area (Å²) in [6, 6.07) is 0. The molecule has 1 saturated carbocycles. The summed E-state index contributed by atoms with van der Waals surface area (Å²) in [5.41, 5.74) is 5.16. The predicted octanol–water partition coefficient (Wildman–Crippen LogP) is 1.99. The van der Waals surface area contributed by atoms with Crippen molar-refractivity contribution in [2.24, 2.45) is 23.5 Å². The molecular weight excluding hydrogens is 240 g/mol. The van der Waals surface area contributed by atoms with Crippen LogP contribution in [0.2, 0.25) is 0 Å². The Balaban J connectivity index is 2.81. The summed E-state index contributed by atoms with van der Waals surface area (Å²) in [6.07, 6.45) is 5.19. The second kappa shape index (κ2) is 6.22. The van der Waals surface area contributed by atoms with Crippen molar-refractivity contribution in [2.45, 2.75) is 52.0 Å². The zero-order valence-corrected chi connectivity index (χ0v) is 12.2. The van der Waals surface area contributed by atoms with Crippen LogP contribution in [0, 0.1) is 17.8 Å². The molecular formula is C15H26N2O2. The number of rotatable bonds is 7. The van der Waals surface area contributed by atoms with Crippen LogP contribution in [0.4, 0.5) is 0 Å². The Hall–Kier alpha value is -1.32. The molecule has 4 heteroatoms. The number of nitrogens with one attached hydrogen (secondary N) is 1. The normalized spacial score (nSPS) is 18.5. The van der Waals surface area contributed by atoms with Crippen molar-refractivity contribution >= 4 is 11.8 Å². The quantitative estimate of drug-likeness (QED) is 0.692. The molecule has 0 unspecified atom stereocenters. The maximum atomic E-state index is 12.4. The number of hydrogen-bond acceptors (Lipinski definition) is 2. The summed E-state index contributed by atoms with van der Waals surface area (Å²) < 4.78 is 0. The smallest absolute Gasteiger partial charge is 0.224 e. The van der Waals surface area contributed by atoms with E-state index < -0.39 is 11.8 Å². The van der Waals surface area contributed by atoms with Gasteiger partial charge in [0.25, 0.3) is 0 Å². The zero-order valence-electron chi connectivity index (χ0n) is 12.2. The minimum absolute atomic E-state index is 0.0648. The van der Waals surface area contributed by atoms with Crippen LogP contribution in [0.3, 0.4) is 0 Å². The molecule has 3 N–H and O–H groups in total. The fraction of sp³-hybridized carbons (Fsp3) is 0.733. The first kappa shape index (κ1) is 15.7. The van der Waals surface area contributed by atoms with Crippen LogP contribution in [-0.2, 0) is 9.59 Å². The molecule has 0 saturated heterocycles. The Morgan fingerprint density at radius 3 is 2.32 bits per heavy atom. The van der Waals surface area contributed by atoms with Gasteiger partial charge < -0.3 is 11.1 Å². The van der Waals surface area contributed by atoms with E-state index in [4.69, 9.17) is 5.73 Å². The van der Waals surface area contributed by atoms with Crippen LogP contribution in [0.5, 0.6) is 0 Å². The number of hydrogen-bond donors (Lipinski definition) is 2. The lowest BCUT2D eigenvalue weighted by atomic mass is 9.83. The van der Waals surface area contributed by atoms with E-state index in [0.717, 1.165) is 19.3 Å². The third-order valence-electron chi connectivity index (χ3n) is 3.39. The molecule has 0 aromatic heterocycles. The molecule has 1 fully saturated rings. The molecule has 19 heavy (non-hydrogen) atoms. The summed E-state index contributed by atoms with van der Waals surface area (Å²) in [5.74, 6) is -0.676. The van der Waals surface area contributed by atoms with Crippen LogP contribution in [0.1, 0.15) is 46.5 Å². The van der Waals surface area contributed by atoms with Crippen molar-refractivity contribution < 1.29 is 9.59 Å². The summed E-state index contributed by atoms with van der Waals surface area (Å²) in [4.78, 5) is 24.0. The lowest BCUT2D eigenvalue weighted by Gasteiger charge is -2.28. The molecule has 1 aliphatic carbocycles. The minimum atomic E-state index is -0.444. The van der Waals surface area contributed by atoms with E-state index in [-0.39, 0.29) is 17.4 Å². The Morgan fingerprint density at radius 2 is 1.95 bits per heavy atom. The highest BCUT2D eigenvalue weighted by Crippen LogP contribution is 2.38. The molecule has 0 bridgehead atoms. The van der Waals surface area contributed by atoms with Gasteiger partial charge in [0, 0.05) is 5.54 Å². The highest BCUT2D eigenvalue weighted by Gasteiger charge is 2.37. The lowest BCUT2D eigenvalue weighted by Crippen LogP contribution is -2.47. The van der Waals surface area contributed by atoms with Crippen LogP contribution in [0.15, 0.2) is 12.7 Å². The van der Waals surface area contributed by atoms with Crippen molar-refractivity contribution in [3.63, 3.8) is 0 Å². The fourth-order valence-corrected chi connectivity index (χ4v) is 2.29. The van der Waals surface area contributed by atoms with Gasteiger partial charge in [0.2, 0.25) is 11.8 Å². The van der Waals surface area contributed by atoms with Gasteiger partial charge in [-0.25, -0.2) is 0 Å². The summed E-state index contributed by atoms with van der Waals surface area (Å²) in [6.45, 7) is 9.46. The first-order chi connectivity index (χ1) is 8.74. The number of carbonyl (C=O) groups is 2. The lowest BCUT2D eigenvalue weighted by molar-refractivity contribution is -0.134. The Bertz CT molecular complexity index is 354. The third-order valence-corrected chi connectivity index (χ3v) is 3.39. The number of carbonyl (C=O) groups excluding carboxylic acids is 2. The first-order valence-electron chi connectivity index (χ1n) is 6.97. The molecule has 4 nitrogen and oxygen atoms in total. The second-order valence-corrected chi connectivity index (χ2v) is 6.56. The van der Waals surface area contributed by atoms with Gasteiger partial charge in [-0.15, -0.1) is 6.58 Å². The molecule has 108 valence electrons. The number of allylic oxidation sites excluding steroid dienone is 1. The van der Waals surface area contributed by atoms with Crippen molar-refractivity contribution in [3.05, 3.63) is 12.7 Å². The molecule has 0 radical (unpaired) electrons. The second-order valence-electron chi connectivity index (χ2n) is 6.56. The summed E-state index contributed by atoms with van der Waals surface area (Å²) >= 11 is 0. The van der Waals surface area contributed by atoms with Crippen molar-refractivity contribution in [1.82, 2.24) is 5.32 Å². The SMILES string of the molecule is C=CC[C@H](C(N)=O)[C@@H](CC1CC1)C(=O)NC(C)(C)C. The molecule has 2 atom stereocenters. The molecule has 0 aliphatic heterocycles. The standard InChI is InChI=1S/C15H26N2O2/c1-5-6-11(13(16)18)12(9-10-7-8-10)14(19)17-15(2,3)4/h5,10-12H,1,6-9H2,2-4H3,(H2,16,18)(H,17,19)/t11-,12+/m0/s1. The van der Waals surface area contributed by atoms with Crippen LogP contribution < -0.4 is 11.1 Å². The summed E-state index contributed by atoms with van der Waals surface area (Å²) in [7, 11) is 0. The van der Waals surface area contributed by atoms with E-state index >= 15 is 0 Å². The average molecular weight is 266 g/mol. The van der Waals surface area contributed by atoms with E-state index in [9.17, 15) is 9.59 Å². The van der Waals surface area contributed by atoms with E-state index in [1.807, 2.05) is 20.8 Å². The third kappa shape index (κ3) is 5.45. The molecule has 0 heterocycles. The van der Waals surface area contributed by atoms with Gasteiger partial charge in [0.15, 0.2) is 0 Å². The number of primary amides is 1. The molecule has 1 aliphatic rings. The van der Waals surface area contributed by atoms with Crippen molar-refractivity contribution in [1.29, 1.82) is 0 Å². The van der Waals surface area contributed by atoms with E-state index in [2.05, 4.69) is 11.9 Å². The topological polar surface area (TPSA) is 72.2 Å². The van der Waals surface area contributed by atoms with Gasteiger partial charge in [0.1, 0.15) is 0 Å². The highest BCUT2D eigenvalue weighted by atomic mass is 16.2. The molecule has 2 amide bonds. The first-order valence-corrected chi connectivity index (χ1v) is 6.97. The largest absolute Gasteiger partial charge is 0.369 e. The average Bonchev–Trinajstić information content (AvgIpc) is 3.04. The molecule has 0 aromatic carbocycles. The molecule has 0 spiro atoms. The van der Waals surface area contributed by atoms with E-state index in [0.29, 0.717) is 12.3 Å².